The third kappa shape index (κ3) is 2.79. The van der Waals surface area contributed by atoms with Crippen LogP contribution in [0.1, 0.15) is 10.4 Å². The van der Waals surface area contributed by atoms with Crippen molar-refractivity contribution in [3.63, 3.8) is 0 Å². The topological polar surface area (TPSA) is 47.6 Å². The first-order valence-electron chi connectivity index (χ1n) is 7.35. The standard InChI is InChI=1S/C19H12ClNO3/c20-12-6-9-17-16(10-12)21-19(22)15-8-7-14(11-18(15)24-17)23-13-4-2-1-3-5-13/h1-11H,(H,21,22). The summed E-state index contributed by atoms with van der Waals surface area (Å²) in [5, 5.41) is 3.32. The maximum absolute atomic E-state index is 12.4. The van der Waals surface area contributed by atoms with Crippen LogP contribution in [0.15, 0.2) is 66.7 Å². The largest absolute Gasteiger partial charge is 0.457 e. The van der Waals surface area contributed by atoms with Crippen molar-refractivity contribution in [3.8, 4) is 23.0 Å². The van der Waals surface area contributed by atoms with Crippen LogP contribution in [0.4, 0.5) is 5.69 Å². The molecular formula is C19H12ClNO3. The Bertz CT molecular complexity index is 925. The molecule has 3 aromatic carbocycles. The number of ether oxygens (including phenoxy) is 2. The van der Waals surface area contributed by atoms with Gasteiger partial charge in [0.05, 0.1) is 11.3 Å². The van der Waals surface area contributed by atoms with Crippen molar-refractivity contribution in [2.24, 2.45) is 0 Å². The molecule has 118 valence electrons. The normalized spacial score (nSPS) is 12.3. The third-order valence-corrected chi connectivity index (χ3v) is 3.82. The summed E-state index contributed by atoms with van der Waals surface area (Å²) in [4.78, 5) is 12.4. The van der Waals surface area contributed by atoms with Gasteiger partial charge in [-0.15, -0.1) is 0 Å². The van der Waals surface area contributed by atoms with E-state index in [0.29, 0.717) is 39.3 Å². The monoisotopic (exact) mass is 337 g/mol. The zero-order chi connectivity index (χ0) is 16.5. The Morgan fingerprint density at radius 1 is 0.875 bits per heavy atom. The van der Waals surface area contributed by atoms with Gasteiger partial charge in [0.2, 0.25) is 0 Å². The van der Waals surface area contributed by atoms with Crippen LogP contribution in [0.5, 0.6) is 23.0 Å². The molecule has 0 bridgehead atoms. The first-order chi connectivity index (χ1) is 11.7. The van der Waals surface area contributed by atoms with E-state index in [0.717, 1.165) is 0 Å². The van der Waals surface area contributed by atoms with Crippen LogP contribution >= 0.6 is 11.6 Å². The van der Waals surface area contributed by atoms with E-state index in [4.69, 9.17) is 21.1 Å². The summed E-state index contributed by atoms with van der Waals surface area (Å²) >= 11 is 5.98. The third-order valence-electron chi connectivity index (χ3n) is 3.59. The summed E-state index contributed by atoms with van der Waals surface area (Å²) in [5.41, 5.74) is 0.969. The Hall–Kier alpha value is -2.98. The van der Waals surface area contributed by atoms with Gasteiger partial charge in [-0.1, -0.05) is 29.8 Å². The molecule has 24 heavy (non-hydrogen) atoms. The number of hydrogen-bond donors (Lipinski definition) is 1. The minimum absolute atomic E-state index is 0.253. The van der Waals surface area contributed by atoms with Gasteiger partial charge >= 0.3 is 0 Å². The second-order valence-corrected chi connectivity index (χ2v) is 5.71. The number of benzene rings is 3. The molecule has 0 aromatic heterocycles. The van der Waals surface area contributed by atoms with E-state index in [-0.39, 0.29) is 5.91 Å². The molecule has 0 radical (unpaired) electrons. The molecule has 0 saturated carbocycles. The average molecular weight is 338 g/mol. The molecule has 4 nitrogen and oxygen atoms in total. The Labute approximate surface area is 143 Å². The summed E-state index contributed by atoms with van der Waals surface area (Å²) < 4.78 is 11.7. The van der Waals surface area contributed by atoms with Crippen LogP contribution in [0.3, 0.4) is 0 Å². The number of nitrogens with one attached hydrogen (secondary N) is 1. The fraction of sp³-hybridized carbons (Fsp3) is 0. The zero-order valence-corrected chi connectivity index (χ0v) is 13.2. The second-order valence-electron chi connectivity index (χ2n) is 5.27. The maximum Gasteiger partial charge on any atom is 0.259 e. The molecule has 0 unspecified atom stereocenters. The molecule has 1 heterocycles. The minimum Gasteiger partial charge on any atom is -0.457 e. The molecule has 5 heteroatoms. The molecule has 3 aromatic rings. The number of fused-ring (bicyclic) bond motifs is 2. The first kappa shape index (κ1) is 14.6. The highest BCUT2D eigenvalue weighted by molar-refractivity contribution is 6.31. The lowest BCUT2D eigenvalue weighted by atomic mass is 10.2. The van der Waals surface area contributed by atoms with E-state index in [1.165, 1.54) is 0 Å². The van der Waals surface area contributed by atoms with Gasteiger partial charge in [0.15, 0.2) is 5.75 Å². The highest BCUT2D eigenvalue weighted by atomic mass is 35.5. The van der Waals surface area contributed by atoms with E-state index in [1.54, 1.807) is 36.4 Å². The lowest BCUT2D eigenvalue weighted by molar-refractivity contribution is 0.102. The van der Waals surface area contributed by atoms with Crippen LogP contribution in [-0.4, -0.2) is 5.91 Å². The van der Waals surface area contributed by atoms with Gasteiger partial charge in [0.25, 0.3) is 5.91 Å². The quantitative estimate of drug-likeness (QED) is 0.672. The number of para-hydroxylation sites is 1. The van der Waals surface area contributed by atoms with E-state index >= 15 is 0 Å². The highest BCUT2D eigenvalue weighted by Crippen LogP contribution is 2.39. The summed E-state index contributed by atoms with van der Waals surface area (Å²) in [6.07, 6.45) is 0. The molecule has 1 N–H and O–H groups in total. The number of rotatable bonds is 2. The molecular weight excluding hydrogens is 326 g/mol. The van der Waals surface area contributed by atoms with Gasteiger partial charge in [-0.2, -0.15) is 0 Å². The van der Waals surface area contributed by atoms with Crippen molar-refractivity contribution in [2.75, 3.05) is 5.32 Å². The van der Waals surface area contributed by atoms with Gasteiger partial charge in [0, 0.05) is 11.1 Å². The number of halogens is 1. The van der Waals surface area contributed by atoms with E-state index < -0.39 is 0 Å². The van der Waals surface area contributed by atoms with Crippen molar-refractivity contribution in [3.05, 3.63) is 77.3 Å². The molecule has 1 aliphatic rings. The average Bonchev–Trinajstić information content (AvgIpc) is 2.71. The Morgan fingerprint density at radius 2 is 1.71 bits per heavy atom. The number of hydrogen-bond acceptors (Lipinski definition) is 3. The minimum atomic E-state index is -0.253. The van der Waals surface area contributed by atoms with Gasteiger partial charge < -0.3 is 14.8 Å². The number of amides is 1. The molecule has 1 aliphatic heterocycles. The maximum atomic E-state index is 12.4. The Balaban J connectivity index is 1.71. The van der Waals surface area contributed by atoms with E-state index in [9.17, 15) is 4.79 Å². The van der Waals surface area contributed by atoms with Crippen molar-refractivity contribution in [2.45, 2.75) is 0 Å². The predicted octanol–water partition coefficient (Wildman–Crippen LogP) is 5.49. The SMILES string of the molecule is O=C1Nc2cc(Cl)ccc2Oc2cc(Oc3ccccc3)ccc21. The van der Waals surface area contributed by atoms with Crippen molar-refractivity contribution in [1.29, 1.82) is 0 Å². The van der Waals surface area contributed by atoms with Gasteiger partial charge in [0.1, 0.15) is 17.2 Å². The van der Waals surface area contributed by atoms with Crippen molar-refractivity contribution in [1.82, 2.24) is 0 Å². The van der Waals surface area contributed by atoms with Gasteiger partial charge in [-0.25, -0.2) is 0 Å². The molecule has 0 saturated heterocycles. The summed E-state index contributed by atoms with van der Waals surface area (Å²) in [6.45, 7) is 0. The smallest absolute Gasteiger partial charge is 0.259 e. The fourth-order valence-corrected chi connectivity index (χ4v) is 2.63. The Morgan fingerprint density at radius 3 is 2.54 bits per heavy atom. The zero-order valence-electron chi connectivity index (χ0n) is 12.5. The van der Waals surface area contributed by atoms with Crippen LogP contribution < -0.4 is 14.8 Å². The summed E-state index contributed by atoms with van der Waals surface area (Å²) in [5.74, 6) is 2.01. The van der Waals surface area contributed by atoms with E-state index in [1.807, 2.05) is 30.3 Å². The molecule has 1 amide bonds. The van der Waals surface area contributed by atoms with Crippen LogP contribution in [0.2, 0.25) is 5.02 Å². The molecule has 0 atom stereocenters. The van der Waals surface area contributed by atoms with Crippen molar-refractivity contribution >= 4 is 23.2 Å². The van der Waals surface area contributed by atoms with Crippen LogP contribution in [0, 0.1) is 0 Å². The molecule has 0 fully saturated rings. The number of anilines is 1. The first-order valence-corrected chi connectivity index (χ1v) is 7.72. The summed E-state index contributed by atoms with van der Waals surface area (Å²) in [7, 11) is 0. The second kappa shape index (κ2) is 5.91. The highest BCUT2D eigenvalue weighted by Gasteiger charge is 2.21. The lowest BCUT2D eigenvalue weighted by Crippen LogP contribution is -2.10. The van der Waals surface area contributed by atoms with Gasteiger partial charge in [-0.05, 0) is 42.5 Å². The number of carbonyl (C=O) groups is 1. The molecule has 0 spiro atoms. The number of carbonyl (C=O) groups excluding carboxylic acids is 1. The molecule has 0 aliphatic carbocycles. The fourth-order valence-electron chi connectivity index (χ4n) is 2.46. The lowest BCUT2D eigenvalue weighted by Gasteiger charge is -2.10. The van der Waals surface area contributed by atoms with Crippen molar-refractivity contribution < 1.29 is 14.3 Å². The molecule has 4 rings (SSSR count). The van der Waals surface area contributed by atoms with Gasteiger partial charge in [-0.3, -0.25) is 4.79 Å². The predicted molar refractivity (Wildman–Crippen MR) is 92.4 cm³/mol. The van der Waals surface area contributed by atoms with Crippen LogP contribution in [0.25, 0.3) is 0 Å². The van der Waals surface area contributed by atoms with E-state index in [2.05, 4.69) is 5.32 Å². The van der Waals surface area contributed by atoms with Crippen LogP contribution in [-0.2, 0) is 0 Å². The summed E-state index contributed by atoms with van der Waals surface area (Å²) in [6, 6.07) is 19.6. The Kier molecular flexibility index (Phi) is 3.59.